The van der Waals surface area contributed by atoms with Gasteiger partial charge < -0.3 is 13.9 Å². The lowest BCUT2D eigenvalue weighted by molar-refractivity contribution is 0.0662. The van der Waals surface area contributed by atoms with Crippen LogP contribution in [-0.4, -0.2) is 26.5 Å². The number of hydrogen-bond donors (Lipinski definition) is 1. The smallest absolute Gasteiger partial charge is 0.371 e. The molecular formula is C28H16N4O5. The molecule has 4 aromatic heterocycles. The summed E-state index contributed by atoms with van der Waals surface area (Å²) in [5.74, 6) is -0.0966. The molecule has 0 saturated carbocycles. The lowest BCUT2D eigenvalue weighted by atomic mass is 10.2. The zero-order valence-corrected chi connectivity index (χ0v) is 19.0. The van der Waals surface area contributed by atoms with Gasteiger partial charge in [-0.25, -0.2) is 4.79 Å². The van der Waals surface area contributed by atoms with Crippen LogP contribution in [0.2, 0.25) is 0 Å². The van der Waals surface area contributed by atoms with Crippen molar-refractivity contribution < 1.29 is 23.5 Å². The van der Waals surface area contributed by atoms with Crippen LogP contribution in [0.4, 0.5) is 0 Å². The summed E-state index contributed by atoms with van der Waals surface area (Å²) >= 11 is 0. The first-order chi connectivity index (χ1) is 18.0. The van der Waals surface area contributed by atoms with Crippen LogP contribution in [0.15, 0.2) is 94.0 Å². The summed E-state index contributed by atoms with van der Waals surface area (Å²) in [5, 5.41) is 28.7. The molecule has 9 nitrogen and oxygen atoms in total. The molecule has 0 amide bonds. The monoisotopic (exact) mass is 488 g/mol. The van der Waals surface area contributed by atoms with Gasteiger partial charge in [0.2, 0.25) is 17.5 Å². The molecule has 0 aliphatic rings. The van der Waals surface area contributed by atoms with Crippen LogP contribution >= 0.6 is 0 Å². The first-order valence-corrected chi connectivity index (χ1v) is 10.9. The minimum Gasteiger partial charge on any atom is -0.475 e. The maximum Gasteiger partial charge on any atom is 0.371 e. The highest BCUT2D eigenvalue weighted by Gasteiger charge is 2.14. The number of aromatic carboxylic acids is 1. The molecular weight excluding hydrogens is 472 g/mol. The Labute approximate surface area is 209 Å². The van der Waals surface area contributed by atoms with Gasteiger partial charge in [0, 0.05) is 35.3 Å². The fraction of sp³-hybridized carbons (Fsp3) is 0. The zero-order chi connectivity index (χ0) is 25.9. The van der Waals surface area contributed by atoms with Crippen LogP contribution in [0.5, 0.6) is 0 Å². The molecule has 6 aromatic rings. The van der Waals surface area contributed by atoms with Crippen molar-refractivity contribution in [1.82, 2.24) is 9.13 Å². The third kappa shape index (κ3) is 4.14. The molecule has 0 fully saturated rings. The molecule has 0 unspecified atom stereocenters. The van der Waals surface area contributed by atoms with E-state index in [2.05, 4.69) is 12.1 Å². The third-order valence-corrected chi connectivity index (χ3v) is 5.67. The first kappa shape index (κ1) is 23.0. The normalized spacial score (nSPS) is 10.4. The Balaban J connectivity index is 0.000000152. The van der Waals surface area contributed by atoms with Crippen molar-refractivity contribution in [1.29, 1.82) is 10.5 Å². The van der Waals surface area contributed by atoms with Gasteiger partial charge in [-0.15, -0.1) is 0 Å². The quantitative estimate of drug-likeness (QED) is 0.314. The van der Waals surface area contributed by atoms with Crippen molar-refractivity contribution >= 4 is 34.1 Å². The topological polar surface area (TPSA) is 138 Å². The molecule has 1 N–H and O–H groups in total. The second-order valence-corrected chi connectivity index (χ2v) is 7.82. The van der Waals surface area contributed by atoms with Crippen LogP contribution in [0, 0.1) is 22.7 Å². The molecule has 0 aliphatic carbocycles. The van der Waals surface area contributed by atoms with E-state index in [1.54, 1.807) is 39.7 Å². The number of hydrogen-bond acceptors (Lipinski definition) is 6. The van der Waals surface area contributed by atoms with E-state index in [0.717, 1.165) is 21.8 Å². The van der Waals surface area contributed by atoms with E-state index in [-0.39, 0.29) is 11.5 Å². The van der Waals surface area contributed by atoms with Gasteiger partial charge >= 0.3 is 5.97 Å². The Morgan fingerprint density at radius 3 is 1.73 bits per heavy atom. The van der Waals surface area contributed by atoms with Gasteiger partial charge in [-0.1, -0.05) is 36.4 Å². The molecule has 0 aliphatic heterocycles. The van der Waals surface area contributed by atoms with E-state index in [1.807, 2.05) is 48.5 Å². The Bertz CT molecular complexity index is 1870. The van der Waals surface area contributed by atoms with Crippen molar-refractivity contribution in [3.8, 4) is 23.9 Å². The van der Waals surface area contributed by atoms with Gasteiger partial charge in [-0.2, -0.15) is 10.5 Å². The fourth-order valence-electron chi connectivity index (χ4n) is 4.01. The van der Waals surface area contributed by atoms with Crippen LogP contribution < -0.4 is 0 Å². The van der Waals surface area contributed by atoms with E-state index in [4.69, 9.17) is 24.5 Å². The number of carboxylic acid groups (broad SMARTS) is 1. The van der Waals surface area contributed by atoms with Crippen LogP contribution in [0.25, 0.3) is 33.6 Å². The maximum absolute atomic E-state index is 10.8. The molecule has 0 bridgehead atoms. The Kier molecular flexibility index (Phi) is 5.87. The SMILES string of the molecule is N#Cc1cn(-c2ccc(C(=O)O)o2)c2ccccc12.N#Cc1cn(-c2ccc(C=O)o2)c2ccccc12. The Morgan fingerprint density at radius 2 is 1.27 bits per heavy atom. The number of carboxylic acids is 1. The number of fused-ring (bicyclic) bond motifs is 2. The standard InChI is InChI=1S/C14H8N2O3.C14H8N2O2/c15-7-9-8-16(11-4-2-1-3-10(9)11)13-6-5-12(19-13)14(17)18;15-7-10-8-16(13-4-2-1-3-12(10)13)14-6-5-11(9-17)18-14/h1-6,8H,(H,17,18);1-6,8-9H. The van der Waals surface area contributed by atoms with Crippen molar-refractivity contribution in [3.63, 3.8) is 0 Å². The second-order valence-electron chi connectivity index (χ2n) is 7.82. The van der Waals surface area contributed by atoms with Crippen molar-refractivity contribution in [2.24, 2.45) is 0 Å². The number of furan rings is 2. The number of nitrogens with zero attached hydrogens (tertiary/aromatic N) is 4. The summed E-state index contributed by atoms with van der Waals surface area (Å²) < 4.78 is 14.1. The summed E-state index contributed by atoms with van der Waals surface area (Å²) in [4.78, 5) is 21.4. The predicted octanol–water partition coefficient (Wildman–Crippen LogP) is 5.70. The Morgan fingerprint density at radius 1 is 0.757 bits per heavy atom. The van der Waals surface area contributed by atoms with Gasteiger partial charge in [-0.3, -0.25) is 13.9 Å². The maximum atomic E-state index is 10.8. The minimum atomic E-state index is -1.12. The first-order valence-electron chi connectivity index (χ1n) is 10.9. The number of aldehydes is 1. The molecule has 9 heteroatoms. The molecule has 4 heterocycles. The van der Waals surface area contributed by atoms with Crippen molar-refractivity contribution in [3.05, 3.63) is 108 Å². The summed E-state index contributed by atoms with van der Waals surface area (Å²) in [5.41, 5.74) is 2.77. The summed E-state index contributed by atoms with van der Waals surface area (Å²) in [6, 6.07) is 25.5. The van der Waals surface area contributed by atoms with E-state index in [1.165, 1.54) is 6.07 Å². The summed E-state index contributed by atoms with van der Waals surface area (Å²) in [6.45, 7) is 0. The number of nitriles is 2. The van der Waals surface area contributed by atoms with Crippen molar-refractivity contribution in [2.75, 3.05) is 0 Å². The number of para-hydroxylation sites is 2. The Hall–Kier alpha value is -5.80. The van der Waals surface area contributed by atoms with E-state index < -0.39 is 5.97 Å². The summed E-state index contributed by atoms with van der Waals surface area (Å²) in [7, 11) is 0. The largest absolute Gasteiger partial charge is 0.475 e. The number of benzene rings is 2. The zero-order valence-electron chi connectivity index (χ0n) is 19.0. The fourth-order valence-corrected chi connectivity index (χ4v) is 4.01. The van der Waals surface area contributed by atoms with E-state index in [0.29, 0.717) is 29.2 Å². The molecule has 37 heavy (non-hydrogen) atoms. The third-order valence-electron chi connectivity index (χ3n) is 5.67. The molecule has 178 valence electrons. The van der Waals surface area contributed by atoms with Gasteiger partial charge in [-0.05, 0) is 24.3 Å². The van der Waals surface area contributed by atoms with Crippen LogP contribution in [-0.2, 0) is 0 Å². The average molecular weight is 488 g/mol. The lowest BCUT2D eigenvalue weighted by Crippen LogP contribution is -1.93. The van der Waals surface area contributed by atoms with Gasteiger partial charge in [0.25, 0.3) is 0 Å². The molecule has 6 rings (SSSR count). The second kappa shape index (κ2) is 9.45. The highest BCUT2D eigenvalue weighted by atomic mass is 16.4. The highest BCUT2D eigenvalue weighted by molar-refractivity contribution is 5.89. The molecule has 0 spiro atoms. The number of carbonyl (C=O) groups is 2. The molecule has 0 radical (unpaired) electrons. The van der Waals surface area contributed by atoms with E-state index in [9.17, 15) is 9.59 Å². The predicted molar refractivity (Wildman–Crippen MR) is 133 cm³/mol. The number of carbonyl (C=O) groups excluding carboxylic acids is 1. The van der Waals surface area contributed by atoms with Gasteiger partial charge in [0.15, 0.2) is 12.0 Å². The van der Waals surface area contributed by atoms with E-state index >= 15 is 0 Å². The molecule has 0 atom stereocenters. The van der Waals surface area contributed by atoms with Crippen LogP contribution in [0.3, 0.4) is 0 Å². The number of aromatic nitrogens is 2. The van der Waals surface area contributed by atoms with Crippen LogP contribution in [0.1, 0.15) is 32.2 Å². The molecule has 0 saturated heterocycles. The average Bonchev–Trinajstić information content (AvgIpc) is 3.72. The number of rotatable bonds is 4. The summed E-state index contributed by atoms with van der Waals surface area (Å²) in [6.07, 6.45) is 3.99. The van der Waals surface area contributed by atoms with Gasteiger partial charge in [0.1, 0.15) is 12.1 Å². The lowest BCUT2D eigenvalue weighted by Gasteiger charge is -1.99. The van der Waals surface area contributed by atoms with Gasteiger partial charge in [0.05, 0.1) is 22.2 Å². The molecule has 2 aromatic carbocycles. The minimum absolute atomic E-state index is 0.133. The van der Waals surface area contributed by atoms with Crippen molar-refractivity contribution in [2.45, 2.75) is 0 Å². The highest BCUT2D eigenvalue weighted by Crippen LogP contribution is 2.26.